The Morgan fingerprint density at radius 1 is 0.878 bits per heavy atom. The van der Waals surface area contributed by atoms with Crippen molar-refractivity contribution in [3.63, 3.8) is 0 Å². The van der Waals surface area contributed by atoms with Crippen LogP contribution in [-0.2, 0) is 17.1 Å². The molecule has 3 atom stereocenters. The fraction of sp³-hybridized carbons (Fsp3) is 0.324. The van der Waals surface area contributed by atoms with Crippen molar-refractivity contribution in [2.24, 2.45) is 0 Å². The second kappa shape index (κ2) is 12.3. The number of ketones is 1. The first-order valence-corrected chi connectivity index (χ1v) is 15.5. The fourth-order valence-electron chi connectivity index (χ4n) is 7.48. The number of aryl methyl sites for hydroxylation is 2. The van der Waals surface area contributed by atoms with Crippen LogP contribution in [0.3, 0.4) is 0 Å². The first-order chi connectivity index (χ1) is 23.0. The number of fused-ring (bicyclic) bond motifs is 1. The van der Waals surface area contributed by atoms with E-state index in [0.29, 0.717) is 28.3 Å². The van der Waals surface area contributed by atoms with Gasteiger partial charge in [-0.25, -0.2) is 9.37 Å². The average molecular weight is 685 g/mol. The SMILES string of the molecule is COc1ncc(-c2c(C)cc(C(C)=O)cc2C)cc1-c1ccc(C(F)(F)F)cc1[C@@H]1CC[C@H]2[C@@H](c3cc(F)cc(C(F)(F)F)c3)CC(=O)N12. The van der Waals surface area contributed by atoms with E-state index in [9.17, 15) is 40.3 Å². The molecule has 2 saturated heterocycles. The number of aromatic nitrogens is 1. The predicted octanol–water partition coefficient (Wildman–Crippen LogP) is 9.64. The van der Waals surface area contributed by atoms with Gasteiger partial charge in [0.05, 0.1) is 24.3 Å². The number of ether oxygens (including phenoxy) is 1. The van der Waals surface area contributed by atoms with Crippen molar-refractivity contribution in [1.82, 2.24) is 9.88 Å². The molecule has 3 aromatic carbocycles. The van der Waals surface area contributed by atoms with Gasteiger partial charge in [0.1, 0.15) is 5.82 Å². The van der Waals surface area contributed by atoms with Crippen molar-refractivity contribution in [3.8, 4) is 28.1 Å². The van der Waals surface area contributed by atoms with Crippen molar-refractivity contribution in [2.75, 3.05) is 7.11 Å². The average Bonchev–Trinajstić information content (AvgIpc) is 3.60. The quantitative estimate of drug-likeness (QED) is 0.150. The van der Waals surface area contributed by atoms with E-state index in [-0.39, 0.29) is 42.1 Å². The maximum absolute atomic E-state index is 14.4. The number of benzene rings is 3. The Bertz CT molecular complexity index is 1960. The Balaban J connectivity index is 1.47. The van der Waals surface area contributed by atoms with E-state index in [2.05, 4.69) is 4.98 Å². The van der Waals surface area contributed by atoms with Crippen molar-refractivity contribution >= 4 is 11.7 Å². The molecule has 3 heterocycles. The van der Waals surface area contributed by atoms with Crippen LogP contribution in [0.25, 0.3) is 22.3 Å². The van der Waals surface area contributed by atoms with Gasteiger partial charge in [-0.1, -0.05) is 6.07 Å². The van der Waals surface area contributed by atoms with E-state index in [1.807, 2.05) is 13.8 Å². The van der Waals surface area contributed by atoms with Crippen LogP contribution in [0, 0.1) is 19.7 Å². The monoisotopic (exact) mass is 684 g/mol. The molecular weight excluding hydrogens is 653 g/mol. The molecule has 0 bridgehead atoms. The molecule has 2 aliphatic heterocycles. The van der Waals surface area contributed by atoms with Gasteiger partial charge in [0, 0.05) is 41.3 Å². The highest BCUT2D eigenvalue weighted by atomic mass is 19.4. The van der Waals surface area contributed by atoms with Crippen molar-refractivity contribution in [2.45, 2.75) is 70.4 Å². The second-order valence-electron chi connectivity index (χ2n) is 12.7. The smallest absolute Gasteiger partial charge is 0.416 e. The Labute approximate surface area is 277 Å². The zero-order valence-electron chi connectivity index (χ0n) is 26.9. The van der Waals surface area contributed by atoms with Gasteiger partial charge in [0.25, 0.3) is 0 Å². The molecule has 0 unspecified atom stereocenters. The molecule has 2 fully saturated rings. The molecule has 2 aliphatic rings. The number of carbonyl (C=O) groups is 2. The van der Waals surface area contributed by atoms with Gasteiger partial charge < -0.3 is 9.64 Å². The van der Waals surface area contributed by atoms with Crippen molar-refractivity contribution in [1.29, 1.82) is 0 Å². The minimum absolute atomic E-state index is 0.0122. The van der Waals surface area contributed by atoms with Crippen LogP contribution in [0.4, 0.5) is 30.7 Å². The molecule has 0 saturated carbocycles. The van der Waals surface area contributed by atoms with Crippen molar-refractivity contribution < 1.29 is 45.1 Å². The normalized spacial score (nSPS) is 19.4. The number of Topliss-reactive ketones (excluding diaryl/α,β-unsaturated/α-hetero) is 1. The molecule has 6 rings (SSSR count). The molecule has 1 aromatic heterocycles. The van der Waals surface area contributed by atoms with Crippen LogP contribution >= 0.6 is 0 Å². The minimum atomic E-state index is -4.81. The second-order valence-corrected chi connectivity index (χ2v) is 12.7. The van der Waals surface area contributed by atoms with Crippen LogP contribution < -0.4 is 4.74 Å². The van der Waals surface area contributed by atoms with Gasteiger partial charge >= 0.3 is 12.4 Å². The number of hydrogen-bond donors (Lipinski definition) is 0. The van der Waals surface area contributed by atoms with E-state index in [0.717, 1.165) is 41.0 Å². The summed E-state index contributed by atoms with van der Waals surface area (Å²) < 4.78 is 103. The number of carbonyl (C=O) groups excluding carboxylic acids is 2. The summed E-state index contributed by atoms with van der Waals surface area (Å²) in [5, 5.41) is 0. The summed E-state index contributed by atoms with van der Waals surface area (Å²) in [6, 6.07) is 9.19. The minimum Gasteiger partial charge on any atom is -0.481 e. The largest absolute Gasteiger partial charge is 0.481 e. The third kappa shape index (κ3) is 6.28. The van der Waals surface area contributed by atoms with E-state index in [4.69, 9.17) is 4.74 Å². The number of amides is 1. The van der Waals surface area contributed by atoms with Crippen LogP contribution in [0.2, 0.25) is 0 Å². The first-order valence-electron chi connectivity index (χ1n) is 15.5. The molecule has 0 aliphatic carbocycles. The third-order valence-corrected chi connectivity index (χ3v) is 9.55. The molecule has 49 heavy (non-hydrogen) atoms. The van der Waals surface area contributed by atoms with Crippen molar-refractivity contribution in [3.05, 3.63) is 106 Å². The number of nitrogens with zero attached hydrogens (tertiary/aromatic N) is 2. The highest BCUT2D eigenvalue weighted by Gasteiger charge is 2.49. The summed E-state index contributed by atoms with van der Waals surface area (Å²) in [7, 11) is 1.38. The maximum atomic E-state index is 14.4. The number of alkyl halides is 6. The molecule has 4 aromatic rings. The Morgan fingerprint density at radius 3 is 2.16 bits per heavy atom. The third-order valence-electron chi connectivity index (χ3n) is 9.55. The maximum Gasteiger partial charge on any atom is 0.416 e. The number of pyridine rings is 1. The molecule has 12 heteroatoms. The van der Waals surface area contributed by atoms with Crippen LogP contribution in [0.15, 0.2) is 60.8 Å². The van der Waals surface area contributed by atoms with E-state index >= 15 is 0 Å². The summed E-state index contributed by atoms with van der Waals surface area (Å²) >= 11 is 0. The topological polar surface area (TPSA) is 59.5 Å². The lowest BCUT2D eigenvalue weighted by Crippen LogP contribution is -2.31. The molecule has 0 radical (unpaired) electrons. The molecule has 0 N–H and O–H groups in total. The molecule has 0 spiro atoms. The number of rotatable bonds is 6. The zero-order chi connectivity index (χ0) is 35.6. The summed E-state index contributed by atoms with van der Waals surface area (Å²) in [5.41, 5.74) is 2.29. The summed E-state index contributed by atoms with van der Waals surface area (Å²) in [5.74, 6) is -2.31. The molecule has 256 valence electrons. The molecule has 1 amide bonds. The lowest BCUT2D eigenvalue weighted by molar-refractivity contribution is -0.138. The summed E-state index contributed by atoms with van der Waals surface area (Å²) in [6.45, 7) is 5.14. The Morgan fingerprint density at radius 2 is 1.55 bits per heavy atom. The van der Waals surface area contributed by atoms with E-state index in [1.165, 1.54) is 25.0 Å². The number of methoxy groups -OCH3 is 1. The molecular formula is C37H31F7N2O3. The molecule has 5 nitrogen and oxygen atoms in total. The predicted molar refractivity (Wildman–Crippen MR) is 168 cm³/mol. The standard InChI is InChI=1S/C37H31F7N2O3/c1-18-9-21(20(3)47)10-19(2)34(18)23-13-30(35(49-4)45-17-23)27-6-5-24(36(39,40)41)15-29(27)32-8-7-31-28(16-33(48)46(31)32)22-11-25(37(42,43)44)14-26(38)12-22/h5-6,9-15,17,28,31-32H,7-8,16H2,1-4H3/t28-,31+,32+/m1/s1. The fourth-order valence-corrected chi connectivity index (χ4v) is 7.48. The van der Waals surface area contributed by atoms with Gasteiger partial charge in [-0.05, 0) is 116 Å². The lowest BCUT2D eigenvalue weighted by Gasteiger charge is -2.29. The van der Waals surface area contributed by atoms with Gasteiger partial charge in [0.15, 0.2) is 5.78 Å². The Hall–Kier alpha value is -4.74. The van der Waals surface area contributed by atoms with Crippen LogP contribution in [0.5, 0.6) is 5.88 Å². The highest BCUT2D eigenvalue weighted by molar-refractivity contribution is 5.95. The lowest BCUT2D eigenvalue weighted by atomic mass is 9.88. The first kappa shape index (κ1) is 34.1. The summed E-state index contributed by atoms with van der Waals surface area (Å²) in [6.07, 6.45) is -7.66. The van der Waals surface area contributed by atoms with Crippen LogP contribution in [0.1, 0.15) is 81.9 Å². The van der Waals surface area contributed by atoms with E-state index in [1.54, 1.807) is 24.4 Å². The van der Waals surface area contributed by atoms with Crippen LogP contribution in [-0.4, -0.2) is 34.7 Å². The highest BCUT2D eigenvalue weighted by Crippen LogP contribution is 2.52. The summed E-state index contributed by atoms with van der Waals surface area (Å²) in [4.78, 5) is 31.5. The van der Waals surface area contributed by atoms with Gasteiger partial charge in [-0.3, -0.25) is 9.59 Å². The Kier molecular flexibility index (Phi) is 8.57. The van der Waals surface area contributed by atoms with Gasteiger partial charge in [-0.2, -0.15) is 26.3 Å². The number of halogens is 7. The zero-order valence-corrected chi connectivity index (χ0v) is 26.9. The van der Waals surface area contributed by atoms with Gasteiger partial charge in [0.2, 0.25) is 11.8 Å². The number of hydrogen-bond acceptors (Lipinski definition) is 4. The van der Waals surface area contributed by atoms with Gasteiger partial charge in [-0.15, -0.1) is 0 Å². The van der Waals surface area contributed by atoms with E-state index < -0.39 is 53.2 Å².